The van der Waals surface area contributed by atoms with E-state index < -0.39 is 5.91 Å². The van der Waals surface area contributed by atoms with Gasteiger partial charge >= 0.3 is 0 Å². The molecule has 2 N–H and O–H groups in total. The summed E-state index contributed by atoms with van der Waals surface area (Å²) in [6, 6.07) is 30.7. The highest BCUT2D eigenvalue weighted by Crippen LogP contribution is 2.27. The Labute approximate surface area is 196 Å². The predicted molar refractivity (Wildman–Crippen MR) is 135 cm³/mol. The summed E-state index contributed by atoms with van der Waals surface area (Å²) in [5.41, 5.74) is 3.52. The molecule has 0 aliphatic rings. The van der Waals surface area contributed by atoms with E-state index in [1.54, 1.807) is 18.2 Å². The fourth-order valence-corrected chi connectivity index (χ4v) is 4.18. The summed E-state index contributed by atoms with van der Waals surface area (Å²) in [4.78, 5) is 12.7. The van der Waals surface area contributed by atoms with Crippen molar-refractivity contribution in [1.29, 1.82) is 5.26 Å². The van der Waals surface area contributed by atoms with E-state index in [4.69, 9.17) is 0 Å². The Kier molecular flexibility index (Phi) is 5.55. The van der Waals surface area contributed by atoms with Gasteiger partial charge in [0.2, 0.25) is 0 Å². The van der Waals surface area contributed by atoms with Crippen molar-refractivity contribution < 1.29 is 9.90 Å². The van der Waals surface area contributed by atoms with Crippen molar-refractivity contribution >= 4 is 39.3 Å². The number of anilines is 1. The van der Waals surface area contributed by atoms with E-state index in [2.05, 4.69) is 40.2 Å². The maximum atomic E-state index is 12.7. The number of nitrogens with one attached hydrogen (secondary N) is 1. The van der Waals surface area contributed by atoms with Crippen LogP contribution in [0.2, 0.25) is 0 Å². The fourth-order valence-electron chi connectivity index (χ4n) is 4.18. The summed E-state index contributed by atoms with van der Waals surface area (Å²) in [7, 11) is 0. The molecule has 5 heteroatoms. The smallest absolute Gasteiger partial charge is 0.266 e. The third-order valence-corrected chi connectivity index (χ3v) is 5.83. The minimum Gasteiger partial charge on any atom is -0.508 e. The lowest BCUT2D eigenvalue weighted by atomic mass is 10.0. The molecule has 5 aromatic rings. The molecule has 164 valence electrons. The number of aromatic nitrogens is 1. The monoisotopic (exact) mass is 443 g/mol. The number of nitriles is 1. The zero-order valence-electron chi connectivity index (χ0n) is 18.3. The first kappa shape index (κ1) is 21.0. The summed E-state index contributed by atoms with van der Waals surface area (Å²) in [6.07, 6.45) is 3.61. The van der Waals surface area contributed by atoms with Crippen LogP contribution in [-0.4, -0.2) is 15.6 Å². The van der Waals surface area contributed by atoms with Crippen molar-refractivity contribution in [3.05, 3.63) is 114 Å². The number of phenols is 1. The molecule has 0 radical (unpaired) electrons. The lowest BCUT2D eigenvalue weighted by molar-refractivity contribution is -0.112. The normalized spacial score (nSPS) is 11.4. The highest BCUT2D eigenvalue weighted by atomic mass is 16.3. The maximum Gasteiger partial charge on any atom is 0.266 e. The number of para-hydroxylation sites is 1. The van der Waals surface area contributed by atoms with Crippen molar-refractivity contribution in [1.82, 2.24) is 4.57 Å². The SMILES string of the molecule is N#C/C(=C\c1cn(Cc2cccc3ccccc23)c2ccccc12)C(=O)Nc1ccc(O)cc1. The Balaban J connectivity index is 1.51. The number of carbonyl (C=O) groups excluding carboxylic acids is 1. The lowest BCUT2D eigenvalue weighted by Crippen LogP contribution is -2.13. The number of hydrogen-bond donors (Lipinski definition) is 2. The van der Waals surface area contributed by atoms with Crippen LogP contribution in [0.3, 0.4) is 0 Å². The van der Waals surface area contributed by atoms with Crippen LogP contribution in [0.5, 0.6) is 5.75 Å². The Morgan fingerprint density at radius 1 is 0.912 bits per heavy atom. The van der Waals surface area contributed by atoms with Gasteiger partial charge < -0.3 is 15.0 Å². The summed E-state index contributed by atoms with van der Waals surface area (Å²) in [5, 5.41) is 25.2. The molecule has 34 heavy (non-hydrogen) atoms. The first-order valence-electron chi connectivity index (χ1n) is 10.9. The van der Waals surface area contributed by atoms with Gasteiger partial charge in [0.15, 0.2) is 0 Å². The maximum absolute atomic E-state index is 12.7. The molecule has 4 aromatic carbocycles. The quantitative estimate of drug-likeness (QED) is 0.196. The van der Waals surface area contributed by atoms with Crippen LogP contribution in [0.15, 0.2) is 103 Å². The molecule has 0 atom stereocenters. The molecule has 0 aliphatic carbocycles. The minimum absolute atomic E-state index is 0.00105. The molecule has 1 heterocycles. The Morgan fingerprint density at radius 3 is 2.41 bits per heavy atom. The summed E-state index contributed by atoms with van der Waals surface area (Å²) >= 11 is 0. The first-order valence-corrected chi connectivity index (χ1v) is 10.9. The van der Waals surface area contributed by atoms with Gasteiger partial charge in [0.05, 0.1) is 0 Å². The number of rotatable bonds is 5. The van der Waals surface area contributed by atoms with Gasteiger partial charge in [-0.05, 0) is 52.7 Å². The van der Waals surface area contributed by atoms with Gasteiger partial charge in [-0.3, -0.25) is 4.79 Å². The minimum atomic E-state index is -0.501. The van der Waals surface area contributed by atoms with Crippen molar-refractivity contribution in [3.8, 4) is 11.8 Å². The molecule has 1 amide bonds. The van der Waals surface area contributed by atoms with Crippen LogP contribution in [0.4, 0.5) is 5.69 Å². The molecule has 0 spiro atoms. The van der Waals surface area contributed by atoms with E-state index in [-0.39, 0.29) is 11.3 Å². The van der Waals surface area contributed by atoms with E-state index in [0.717, 1.165) is 16.5 Å². The summed E-state index contributed by atoms with van der Waals surface area (Å²) in [6.45, 7) is 0.664. The predicted octanol–water partition coefficient (Wildman–Crippen LogP) is 6.09. The van der Waals surface area contributed by atoms with Crippen LogP contribution in [-0.2, 0) is 11.3 Å². The van der Waals surface area contributed by atoms with E-state index in [9.17, 15) is 15.2 Å². The summed E-state index contributed by atoms with van der Waals surface area (Å²) in [5.74, 6) is -0.396. The number of phenolic OH excluding ortho intramolecular Hbond substituents is 1. The second kappa shape index (κ2) is 8.97. The van der Waals surface area contributed by atoms with Crippen LogP contribution in [0.1, 0.15) is 11.1 Å². The number of carbonyl (C=O) groups is 1. The Hall–Kier alpha value is -4.82. The molecule has 5 nitrogen and oxygen atoms in total. The van der Waals surface area contributed by atoms with Gasteiger partial charge in [-0.15, -0.1) is 0 Å². The van der Waals surface area contributed by atoms with Crippen molar-refractivity contribution in [2.75, 3.05) is 5.32 Å². The van der Waals surface area contributed by atoms with Crippen molar-refractivity contribution in [2.45, 2.75) is 6.54 Å². The van der Waals surface area contributed by atoms with Crippen molar-refractivity contribution in [3.63, 3.8) is 0 Å². The third-order valence-electron chi connectivity index (χ3n) is 5.83. The molecule has 0 fully saturated rings. The number of fused-ring (bicyclic) bond motifs is 2. The van der Waals surface area contributed by atoms with Crippen LogP contribution >= 0.6 is 0 Å². The van der Waals surface area contributed by atoms with E-state index in [1.807, 2.05) is 48.7 Å². The average molecular weight is 444 g/mol. The Bertz CT molecular complexity index is 1580. The number of benzene rings is 4. The van der Waals surface area contributed by atoms with Gasteiger partial charge in [0, 0.05) is 34.9 Å². The molecular formula is C29H21N3O2. The zero-order valence-corrected chi connectivity index (χ0v) is 18.3. The standard InChI is InChI=1S/C29H21N3O2/c30-17-22(29(34)31-24-12-14-25(33)15-13-24)16-23-19-32(28-11-4-3-10-27(23)28)18-21-8-5-7-20-6-1-2-9-26(20)21/h1-16,19,33H,18H2,(H,31,34)/b22-16+. The van der Waals surface area contributed by atoms with Crippen LogP contribution in [0.25, 0.3) is 27.8 Å². The fraction of sp³-hybridized carbons (Fsp3) is 0.0345. The molecule has 0 bridgehead atoms. The second-order valence-corrected chi connectivity index (χ2v) is 8.04. The second-order valence-electron chi connectivity index (χ2n) is 8.04. The first-order chi connectivity index (χ1) is 16.6. The molecule has 0 saturated carbocycles. The highest BCUT2D eigenvalue weighted by molar-refractivity contribution is 6.10. The van der Waals surface area contributed by atoms with Crippen LogP contribution < -0.4 is 5.32 Å². The third kappa shape index (κ3) is 4.13. The lowest BCUT2D eigenvalue weighted by Gasteiger charge is -2.09. The number of aromatic hydroxyl groups is 1. The molecule has 5 rings (SSSR count). The van der Waals surface area contributed by atoms with Gasteiger partial charge in [0.25, 0.3) is 5.91 Å². The van der Waals surface area contributed by atoms with Gasteiger partial charge in [-0.1, -0.05) is 60.7 Å². The van der Waals surface area contributed by atoms with Gasteiger partial charge in [-0.25, -0.2) is 0 Å². The number of nitrogens with zero attached hydrogens (tertiary/aromatic N) is 2. The summed E-state index contributed by atoms with van der Waals surface area (Å²) < 4.78 is 2.15. The van der Waals surface area contributed by atoms with Gasteiger partial charge in [-0.2, -0.15) is 5.26 Å². The Morgan fingerprint density at radius 2 is 1.62 bits per heavy atom. The molecule has 0 unspecified atom stereocenters. The van der Waals surface area contributed by atoms with E-state index in [1.165, 1.54) is 28.5 Å². The van der Waals surface area contributed by atoms with Crippen molar-refractivity contribution in [2.24, 2.45) is 0 Å². The molecular weight excluding hydrogens is 422 g/mol. The van der Waals surface area contributed by atoms with Gasteiger partial charge in [0.1, 0.15) is 17.4 Å². The largest absolute Gasteiger partial charge is 0.508 e. The average Bonchev–Trinajstić information content (AvgIpc) is 3.21. The van der Waals surface area contributed by atoms with Crippen LogP contribution in [0, 0.1) is 11.3 Å². The topological polar surface area (TPSA) is 78.0 Å². The highest BCUT2D eigenvalue weighted by Gasteiger charge is 2.13. The zero-order chi connectivity index (χ0) is 23.5. The molecule has 1 aromatic heterocycles. The van der Waals surface area contributed by atoms with E-state index >= 15 is 0 Å². The molecule has 0 saturated heterocycles. The van der Waals surface area contributed by atoms with E-state index in [0.29, 0.717) is 12.2 Å². The number of amides is 1. The molecule has 0 aliphatic heterocycles. The number of hydrogen-bond acceptors (Lipinski definition) is 3.